The molecule has 6 heteroatoms. The lowest BCUT2D eigenvalue weighted by Crippen LogP contribution is -2.49. The van der Waals surface area contributed by atoms with Crippen molar-refractivity contribution in [2.75, 3.05) is 39.5 Å². The van der Waals surface area contributed by atoms with E-state index in [-0.39, 0.29) is 6.04 Å². The number of halogens is 2. The molecule has 1 unspecified atom stereocenters. The Balaban J connectivity index is 1.89. The zero-order chi connectivity index (χ0) is 13.7. The van der Waals surface area contributed by atoms with Gasteiger partial charge in [-0.2, -0.15) is 0 Å². The van der Waals surface area contributed by atoms with Gasteiger partial charge in [-0.05, 0) is 12.1 Å². The summed E-state index contributed by atoms with van der Waals surface area (Å²) in [4.78, 5) is 2.18. The highest BCUT2D eigenvalue weighted by atomic mass is 19.2. The van der Waals surface area contributed by atoms with Crippen LogP contribution in [0.25, 0.3) is 0 Å². The van der Waals surface area contributed by atoms with Gasteiger partial charge in [-0.15, -0.1) is 0 Å². The molecule has 1 aliphatic rings. The Bertz CT molecular complexity index is 412. The molecule has 0 radical (unpaired) electrons. The van der Waals surface area contributed by atoms with Crippen molar-refractivity contribution in [3.05, 3.63) is 29.8 Å². The Labute approximate surface area is 111 Å². The van der Waals surface area contributed by atoms with Crippen LogP contribution in [0.15, 0.2) is 18.2 Å². The lowest BCUT2D eigenvalue weighted by atomic mass is 10.2. The minimum Gasteiger partial charge on any atom is -0.492 e. The van der Waals surface area contributed by atoms with Gasteiger partial charge in [-0.1, -0.05) is 0 Å². The molecule has 2 N–H and O–H groups in total. The van der Waals surface area contributed by atoms with Crippen molar-refractivity contribution < 1.29 is 18.3 Å². The first-order chi connectivity index (χ1) is 9.20. The van der Waals surface area contributed by atoms with E-state index in [1.807, 2.05) is 0 Å². The Morgan fingerprint density at radius 2 is 2.00 bits per heavy atom. The molecule has 2 rings (SSSR count). The van der Waals surface area contributed by atoms with Gasteiger partial charge in [0.15, 0.2) is 11.6 Å². The van der Waals surface area contributed by atoms with Gasteiger partial charge in [0, 0.05) is 25.7 Å². The second-order valence-electron chi connectivity index (χ2n) is 4.42. The number of nitrogens with two attached hydrogens (primary N) is 1. The van der Waals surface area contributed by atoms with Gasteiger partial charge < -0.3 is 15.2 Å². The van der Waals surface area contributed by atoms with Crippen molar-refractivity contribution in [3.63, 3.8) is 0 Å². The molecule has 1 heterocycles. The number of hydrogen-bond acceptors (Lipinski definition) is 4. The van der Waals surface area contributed by atoms with E-state index in [1.54, 1.807) is 0 Å². The molecule has 1 aromatic carbocycles. The van der Waals surface area contributed by atoms with Crippen LogP contribution in [0.2, 0.25) is 0 Å². The van der Waals surface area contributed by atoms with Crippen molar-refractivity contribution in [2.24, 2.45) is 5.73 Å². The summed E-state index contributed by atoms with van der Waals surface area (Å²) < 4.78 is 36.6. The fourth-order valence-corrected chi connectivity index (χ4v) is 2.02. The summed E-state index contributed by atoms with van der Waals surface area (Å²) >= 11 is 0. The fraction of sp³-hybridized carbons (Fsp3) is 0.538. The molecule has 4 nitrogen and oxygen atoms in total. The van der Waals surface area contributed by atoms with Crippen molar-refractivity contribution in [2.45, 2.75) is 6.04 Å². The SMILES string of the molecule is NCC(COc1ccc(F)c(F)c1)N1CCOCC1. The van der Waals surface area contributed by atoms with E-state index in [4.69, 9.17) is 15.2 Å². The van der Waals surface area contributed by atoms with Crippen LogP contribution in [0.1, 0.15) is 0 Å². The highest BCUT2D eigenvalue weighted by molar-refractivity contribution is 5.23. The molecular weight excluding hydrogens is 254 g/mol. The minimum atomic E-state index is -0.909. The average Bonchev–Trinajstić information content (AvgIpc) is 2.44. The second-order valence-corrected chi connectivity index (χ2v) is 4.42. The first-order valence-corrected chi connectivity index (χ1v) is 6.30. The highest BCUT2D eigenvalue weighted by Crippen LogP contribution is 2.16. The van der Waals surface area contributed by atoms with E-state index in [1.165, 1.54) is 6.07 Å². The third kappa shape index (κ3) is 3.86. The Morgan fingerprint density at radius 1 is 1.26 bits per heavy atom. The predicted molar refractivity (Wildman–Crippen MR) is 67.1 cm³/mol. The molecule has 106 valence electrons. The van der Waals surface area contributed by atoms with E-state index in [0.29, 0.717) is 32.1 Å². The van der Waals surface area contributed by atoms with Crippen molar-refractivity contribution >= 4 is 0 Å². The molecule has 0 saturated carbocycles. The average molecular weight is 272 g/mol. The minimum absolute atomic E-state index is 0.0528. The number of hydrogen-bond donors (Lipinski definition) is 1. The van der Waals surface area contributed by atoms with E-state index in [9.17, 15) is 8.78 Å². The molecule has 1 fully saturated rings. The van der Waals surface area contributed by atoms with Crippen molar-refractivity contribution in [1.29, 1.82) is 0 Å². The molecular formula is C13H18F2N2O2. The molecule has 1 atom stereocenters. The van der Waals surface area contributed by atoms with Crippen LogP contribution >= 0.6 is 0 Å². The van der Waals surface area contributed by atoms with Crippen LogP contribution < -0.4 is 10.5 Å². The highest BCUT2D eigenvalue weighted by Gasteiger charge is 2.20. The molecule has 19 heavy (non-hydrogen) atoms. The number of nitrogens with zero attached hydrogens (tertiary/aromatic N) is 1. The third-order valence-corrected chi connectivity index (χ3v) is 3.17. The van der Waals surface area contributed by atoms with Crippen molar-refractivity contribution in [3.8, 4) is 5.75 Å². The molecule has 0 aliphatic carbocycles. The summed E-state index contributed by atoms with van der Waals surface area (Å²) in [6.45, 7) is 3.78. The smallest absolute Gasteiger partial charge is 0.162 e. The molecule has 1 aromatic rings. The molecule has 1 saturated heterocycles. The zero-order valence-electron chi connectivity index (χ0n) is 10.6. The summed E-state index contributed by atoms with van der Waals surface area (Å²) in [6, 6.07) is 3.56. The largest absolute Gasteiger partial charge is 0.492 e. The van der Waals surface area contributed by atoms with Gasteiger partial charge in [-0.3, -0.25) is 4.90 Å². The van der Waals surface area contributed by atoms with Gasteiger partial charge in [0.25, 0.3) is 0 Å². The molecule has 1 aliphatic heterocycles. The maximum atomic E-state index is 13.0. The van der Waals surface area contributed by atoms with Gasteiger partial charge >= 0.3 is 0 Å². The standard InChI is InChI=1S/C13H18F2N2O2/c14-12-2-1-11(7-13(12)15)19-9-10(8-16)17-3-5-18-6-4-17/h1-2,7,10H,3-6,8-9,16H2. The predicted octanol–water partition coefficient (Wildman–Crippen LogP) is 1.00. The molecule has 0 spiro atoms. The lowest BCUT2D eigenvalue weighted by Gasteiger charge is -2.33. The zero-order valence-corrected chi connectivity index (χ0v) is 10.6. The van der Waals surface area contributed by atoms with E-state index in [2.05, 4.69) is 4.90 Å². The first-order valence-electron chi connectivity index (χ1n) is 6.30. The number of morpholine rings is 1. The summed E-state index contributed by atoms with van der Waals surface area (Å²) in [5.41, 5.74) is 5.73. The van der Waals surface area contributed by atoms with Crippen LogP contribution in [-0.4, -0.2) is 50.4 Å². The van der Waals surface area contributed by atoms with Crippen LogP contribution in [-0.2, 0) is 4.74 Å². The van der Waals surface area contributed by atoms with Gasteiger partial charge in [-0.25, -0.2) is 8.78 Å². The lowest BCUT2D eigenvalue weighted by molar-refractivity contribution is 0.00821. The number of rotatable bonds is 5. The normalized spacial score (nSPS) is 18.3. The summed E-state index contributed by atoms with van der Waals surface area (Å²) in [6.07, 6.45) is 0. The fourth-order valence-electron chi connectivity index (χ4n) is 2.02. The van der Waals surface area contributed by atoms with E-state index in [0.717, 1.165) is 25.2 Å². The van der Waals surface area contributed by atoms with Crippen molar-refractivity contribution in [1.82, 2.24) is 4.90 Å². The van der Waals surface area contributed by atoms with Crippen LogP contribution in [0.5, 0.6) is 5.75 Å². The third-order valence-electron chi connectivity index (χ3n) is 3.17. The topological polar surface area (TPSA) is 47.7 Å². The van der Waals surface area contributed by atoms with Gasteiger partial charge in [0.1, 0.15) is 12.4 Å². The Kier molecular flexibility index (Phi) is 5.07. The second kappa shape index (κ2) is 6.79. The maximum Gasteiger partial charge on any atom is 0.162 e. The van der Waals surface area contributed by atoms with Gasteiger partial charge in [0.05, 0.1) is 19.3 Å². The Hall–Kier alpha value is -1.24. The Morgan fingerprint density at radius 3 is 2.63 bits per heavy atom. The quantitative estimate of drug-likeness (QED) is 0.869. The monoisotopic (exact) mass is 272 g/mol. The van der Waals surface area contributed by atoms with Crippen LogP contribution in [0, 0.1) is 11.6 Å². The van der Waals surface area contributed by atoms with Crippen LogP contribution in [0.3, 0.4) is 0 Å². The molecule has 0 bridgehead atoms. The number of benzene rings is 1. The summed E-state index contributed by atoms with van der Waals surface area (Å²) in [7, 11) is 0. The van der Waals surface area contributed by atoms with E-state index < -0.39 is 11.6 Å². The molecule has 0 aromatic heterocycles. The summed E-state index contributed by atoms with van der Waals surface area (Å²) in [5, 5.41) is 0. The first kappa shape index (κ1) is 14.2. The summed E-state index contributed by atoms with van der Waals surface area (Å²) in [5.74, 6) is -1.48. The maximum absolute atomic E-state index is 13.0. The van der Waals surface area contributed by atoms with Crippen LogP contribution in [0.4, 0.5) is 8.78 Å². The van der Waals surface area contributed by atoms with E-state index >= 15 is 0 Å². The van der Waals surface area contributed by atoms with Gasteiger partial charge in [0.2, 0.25) is 0 Å². The number of ether oxygens (including phenoxy) is 2. The molecule has 0 amide bonds.